The number of nitrogens with zero attached hydrogens (tertiary/aromatic N) is 1. The first-order chi connectivity index (χ1) is 9.69. The van der Waals surface area contributed by atoms with E-state index in [1.54, 1.807) is 0 Å². The minimum atomic E-state index is -0.218. The summed E-state index contributed by atoms with van der Waals surface area (Å²) in [7, 11) is 0. The number of hydrogen-bond donors (Lipinski definition) is 1. The van der Waals surface area contributed by atoms with Crippen molar-refractivity contribution >= 4 is 15.9 Å². The van der Waals surface area contributed by atoms with E-state index in [-0.39, 0.29) is 12.4 Å². The molecule has 0 spiro atoms. The molecule has 1 aliphatic rings. The first-order valence-electron chi connectivity index (χ1n) is 7.08. The number of hydrogen-bond acceptors (Lipinski definition) is 3. The van der Waals surface area contributed by atoms with Crippen molar-refractivity contribution in [2.24, 2.45) is 0 Å². The van der Waals surface area contributed by atoms with Crippen LogP contribution in [0.5, 0.6) is 0 Å². The number of rotatable bonds is 6. The van der Waals surface area contributed by atoms with Crippen LogP contribution in [0.1, 0.15) is 24.8 Å². The molecule has 0 bridgehead atoms. The number of likely N-dealkylation sites (tertiary alicyclic amines) is 1. The number of benzene rings is 1. The van der Waals surface area contributed by atoms with Crippen LogP contribution in [0.3, 0.4) is 0 Å². The molecule has 1 fully saturated rings. The Kier molecular flexibility index (Phi) is 6.42. The van der Waals surface area contributed by atoms with Crippen molar-refractivity contribution in [3.63, 3.8) is 0 Å². The van der Waals surface area contributed by atoms with E-state index in [0.29, 0.717) is 23.6 Å². The second-order valence-electron chi connectivity index (χ2n) is 5.17. The van der Waals surface area contributed by atoms with Gasteiger partial charge in [0, 0.05) is 32.8 Å². The van der Waals surface area contributed by atoms with E-state index in [0.717, 1.165) is 38.0 Å². The topological polar surface area (TPSA) is 32.7 Å². The van der Waals surface area contributed by atoms with Crippen LogP contribution in [-0.4, -0.2) is 42.4 Å². The lowest BCUT2D eigenvalue weighted by atomic mass is 10.1. The van der Waals surface area contributed by atoms with Crippen LogP contribution in [0.4, 0.5) is 4.39 Å². The molecule has 0 amide bonds. The predicted octanol–water partition coefficient (Wildman–Crippen LogP) is 2.95. The maximum Gasteiger partial charge on any atom is 0.137 e. The summed E-state index contributed by atoms with van der Waals surface area (Å²) in [6.07, 6.45) is 3.07. The third kappa shape index (κ3) is 4.81. The Morgan fingerprint density at radius 2 is 2.10 bits per heavy atom. The van der Waals surface area contributed by atoms with Gasteiger partial charge in [0.25, 0.3) is 0 Å². The standard InChI is InChI=1S/C15H21BrFNO2/c16-14-10-12(2-3-15(14)17)11-18-6-4-13(5-7-18)20-9-1-8-19/h2-3,10,13,19H,1,4-9,11H2. The smallest absolute Gasteiger partial charge is 0.137 e. The van der Waals surface area contributed by atoms with Crippen LogP contribution < -0.4 is 0 Å². The van der Waals surface area contributed by atoms with Crippen LogP contribution in [0.2, 0.25) is 0 Å². The van der Waals surface area contributed by atoms with Crippen molar-refractivity contribution in [1.29, 1.82) is 0 Å². The van der Waals surface area contributed by atoms with E-state index >= 15 is 0 Å². The second kappa shape index (κ2) is 8.08. The molecule has 0 aliphatic carbocycles. The van der Waals surface area contributed by atoms with Crippen LogP contribution in [0.25, 0.3) is 0 Å². The highest BCUT2D eigenvalue weighted by Gasteiger charge is 2.19. The third-order valence-electron chi connectivity index (χ3n) is 3.58. The van der Waals surface area contributed by atoms with Crippen LogP contribution in [0, 0.1) is 5.82 Å². The highest BCUT2D eigenvalue weighted by atomic mass is 79.9. The molecule has 0 atom stereocenters. The average molecular weight is 346 g/mol. The normalized spacial score (nSPS) is 17.6. The quantitative estimate of drug-likeness (QED) is 0.804. The highest BCUT2D eigenvalue weighted by Crippen LogP contribution is 2.20. The lowest BCUT2D eigenvalue weighted by Crippen LogP contribution is -2.36. The molecular weight excluding hydrogens is 325 g/mol. The van der Waals surface area contributed by atoms with Gasteiger partial charge < -0.3 is 9.84 Å². The van der Waals surface area contributed by atoms with Gasteiger partial charge in [0.2, 0.25) is 0 Å². The van der Waals surface area contributed by atoms with Crippen molar-refractivity contribution in [3.8, 4) is 0 Å². The third-order valence-corrected chi connectivity index (χ3v) is 4.19. The van der Waals surface area contributed by atoms with E-state index in [4.69, 9.17) is 9.84 Å². The van der Waals surface area contributed by atoms with Crippen molar-refractivity contribution in [2.75, 3.05) is 26.3 Å². The van der Waals surface area contributed by atoms with Crippen LogP contribution in [-0.2, 0) is 11.3 Å². The van der Waals surface area contributed by atoms with Gasteiger partial charge in [-0.15, -0.1) is 0 Å². The summed E-state index contributed by atoms with van der Waals surface area (Å²) in [6.45, 7) is 3.68. The minimum absolute atomic E-state index is 0.193. The molecule has 1 heterocycles. The summed E-state index contributed by atoms with van der Waals surface area (Å²) in [5, 5.41) is 8.73. The van der Waals surface area contributed by atoms with Gasteiger partial charge in [-0.25, -0.2) is 4.39 Å². The Balaban J connectivity index is 1.75. The van der Waals surface area contributed by atoms with Gasteiger partial charge in [0.05, 0.1) is 10.6 Å². The zero-order chi connectivity index (χ0) is 14.4. The molecule has 1 saturated heterocycles. The fourth-order valence-corrected chi connectivity index (χ4v) is 2.87. The molecule has 1 N–H and O–H groups in total. The Morgan fingerprint density at radius 3 is 2.75 bits per heavy atom. The molecule has 2 rings (SSSR count). The number of aliphatic hydroxyl groups excluding tert-OH is 1. The molecule has 5 heteroatoms. The lowest BCUT2D eigenvalue weighted by molar-refractivity contribution is 0.000781. The second-order valence-corrected chi connectivity index (χ2v) is 6.03. The monoisotopic (exact) mass is 345 g/mol. The van der Waals surface area contributed by atoms with Crippen LogP contribution in [0.15, 0.2) is 22.7 Å². The molecule has 3 nitrogen and oxygen atoms in total. The molecule has 1 aromatic carbocycles. The molecule has 112 valence electrons. The Morgan fingerprint density at radius 1 is 1.35 bits per heavy atom. The van der Waals surface area contributed by atoms with E-state index < -0.39 is 0 Å². The lowest BCUT2D eigenvalue weighted by Gasteiger charge is -2.32. The summed E-state index contributed by atoms with van der Waals surface area (Å²) in [5.41, 5.74) is 1.12. The molecule has 0 saturated carbocycles. The van der Waals surface area contributed by atoms with Gasteiger partial charge >= 0.3 is 0 Å². The predicted molar refractivity (Wildman–Crippen MR) is 80.1 cm³/mol. The fourth-order valence-electron chi connectivity index (χ4n) is 2.44. The maximum absolute atomic E-state index is 13.2. The molecule has 1 aromatic rings. The van der Waals surface area contributed by atoms with Crippen molar-refractivity contribution < 1.29 is 14.2 Å². The molecule has 0 aromatic heterocycles. The first kappa shape index (κ1) is 15.9. The van der Waals surface area contributed by atoms with Crippen molar-refractivity contribution in [3.05, 3.63) is 34.1 Å². The fraction of sp³-hybridized carbons (Fsp3) is 0.600. The molecule has 0 radical (unpaired) electrons. The first-order valence-corrected chi connectivity index (χ1v) is 7.87. The Labute approximate surface area is 127 Å². The molecular formula is C15H21BrFNO2. The largest absolute Gasteiger partial charge is 0.396 e. The number of aliphatic hydroxyl groups is 1. The zero-order valence-corrected chi connectivity index (χ0v) is 13.1. The van der Waals surface area contributed by atoms with Crippen molar-refractivity contribution in [1.82, 2.24) is 4.90 Å². The summed E-state index contributed by atoms with van der Waals surface area (Å²) in [6, 6.07) is 5.19. The van der Waals surface area contributed by atoms with Gasteiger partial charge in [-0.05, 0) is 52.9 Å². The summed E-state index contributed by atoms with van der Waals surface area (Å²) in [5.74, 6) is -0.218. The number of halogens is 2. The molecule has 20 heavy (non-hydrogen) atoms. The number of piperidine rings is 1. The van der Waals surface area contributed by atoms with E-state index in [9.17, 15) is 4.39 Å². The van der Waals surface area contributed by atoms with Crippen molar-refractivity contribution in [2.45, 2.75) is 31.9 Å². The van der Waals surface area contributed by atoms with Gasteiger partial charge in [-0.3, -0.25) is 4.90 Å². The molecule has 0 unspecified atom stereocenters. The Hall–Kier alpha value is -0.490. The van der Waals surface area contributed by atoms with Gasteiger partial charge in [0.1, 0.15) is 5.82 Å². The Bertz CT molecular complexity index is 422. The van der Waals surface area contributed by atoms with Crippen LogP contribution >= 0.6 is 15.9 Å². The van der Waals surface area contributed by atoms with E-state index in [1.165, 1.54) is 6.07 Å². The van der Waals surface area contributed by atoms with Gasteiger partial charge in [0.15, 0.2) is 0 Å². The summed E-state index contributed by atoms with van der Waals surface area (Å²) < 4.78 is 19.4. The number of ether oxygens (including phenoxy) is 1. The SMILES string of the molecule is OCCCOC1CCN(Cc2ccc(F)c(Br)c2)CC1. The average Bonchev–Trinajstić information content (AvgIpc) is 2.45. The summed E-state index contributed by atoms with van der Waals surface area (Å²) in [4.78, 5) is 2.37. The summed E-state index contributed by atoms with van der Waals surface area (Å²) >= 11 is 3.22. The maximum atomic E-state index is 13.2. The zero-order valence-electron chi connectivity index (χ0n) is 11.5. The molecule has 1 aliphatic heterocycles. The van der Waals surface area contributed by atoms with Gasteiger partial charge in [-0.2, -0.15) is 0 Å². The highest BCUT2D eigenvalue weighted by molar-refractivity contribution is 9.10. The van der Waals surface area contributed by atoms with E-state index in [2.05, 4.69) is 20.8 Å². The minimum Gasteiger partial charge on any atom is -0.396 e. The van der Waals surface area contributed by atoms with Gasteiger partial charge in [-0.1, -0.05) is 6.07 Å². The van der Waals surface area contributed by atoms with E-state index in [1.807, 2.05) is 12.1 Å².